The van der Waals surface area contributed by atoms with Crippen molar-refractivity contribution in [2.45, 2.75) is 71.4 Å². The first-order valence-corrected chi connectivity index (χ1v) is 21.8. The van der Waals surface area contributed by atoms with Gasteiger partial charge in [-0.25, -0.2) is 0 Å². The molecule has 0 radical (unpaired) electrons. The van der Waals surface area contributed by atoms with Gasteiger partial charge in [0.15, 0.2) is 0 Å². The lowest BCUT2D eigenvalue weighted by Gasteiger charge is -2.41. The molecule has 0 unspecified atom stereocenters. The van der Waals surface area contributed by atoms with Crippen LogP contribution in [0.1, 0.15) is 74.0 Å². The molecule has 0 spiro atoms. The second-order valence-electron chi connectivity index (χ2n) is 16.8. The quantitative estimate of drug-likeness (QED) is 0.125. The van der Waals surface area contributed by atoms with Crippen molar-refractivity contribution in [1.82, 2.24) is 19.3 Å². The van der Waals surface area contributed by atoms with Crippen molar-refractivity contribution in [2.75, 3.05) is 50.8 Å². The average Bonchev–Trinajstić information content (AvgIpc) is 3.60. The minimum atomic E-state index is -5.02. The van der Waals surface area contributed by atoms with Crippen LogP contribution in [0.2, 0.25) is 0 Å². The van der Waals surface area contributed by atoms with E-state index in [1.807, 2.05) is 108 Å². The topological polar surface area (TPSA) is 87.6 Å². The van der Waals surface area contributed by atoms with Crippen molar-refractivity contribution in [3.05, 3.63) is 142 Å². The van der Waals surface area contributed by atoms with Crippen molar-refractivity contribution >= 4 is 23.4 Å². The Kier molecular flexibility index (Phi) is 13.1. The van der Waals surface area contributed by atoms with Gasteiger partial charge in [-0.15, -0.1) is 0 Å². The molecule has 0 aliphatic carbocycles. The first-order valence-electron chi connectivity index (χ1n) is 21.8. The fourth-order valence-corrected chi connectivity index (χ4v) is 9.02. The lowest BCUT2D eigenvalue weighted by molar-refractivity contribution is -0.186. The summed E-state index contributed by atoms with van der Waals surface area (Å²) in [6.07, 6.45) is -2.54. The monoisotopic (exact) mass is 861 g/mol. The highest BCUT2D eigenvalue weighted by Gasteiger charge is 2.43. The van der Waals surface area contributed by atoms with Crippen LogP contribution in [0, 0.1) is 6.92 Å². The van der Waals surface area contributed by atoms with Crippen LogP contribution in [0.3, 0.4) is 0 Å². The SMILES string of the molecule is CCCCN(C(=O)c1cc(-c2cc3c(cc2C(=O)N2Cc4ccccc4C[C@H]2CN2CCOCC2)CN(C(=O)C(F)(F)F)CC3)n(C)c1C)c1ccc(OCc2ccccc2)cc1. The molecular weight excluding hydrogens is 808 g/mol. The van der Waals surface area contributed by atoms with E-state index in [9.17, 15) is 22.8 Å². The maximum Gasteiger partial charge on any atom is 0.471 e. The summed E-state index contributed by atoms with van der Waals surface area (Å²) in [5.41, 5.74) is 7.96. The summed E-state index contributed by atoms with van der Waals surface area (Å²) in [6, 6.07) is 30.8. The van der Waals surface area contributed by atoms with E-state index < -0.39 is 12.1 Å². The summed E-state index contributed by atoms with van der Waals surface area (Å²) >= 11 is 0. The van der Waals surface area contributed by atoms with E-state index in [0.29, 0.717) is 85.3 Å². The summed E-state index contributed by atoms with van der Waals surface area (Å²) < 4.78 is 54.6. The largest absolute Gasteiger partial charge is 0.489 e. The molecule has 63 heavy (non-hydrogen) atoms. The predicted octanol–water partition coefficient (Wildman–Crippen LogP) is 8.37. The van der Waals surface area contributed by atoms with Crippen LogP contribution in [-0.2, 0) is 49.1 Å². The van der Waals surface area contributed by atoms with Gasteiger partial charge in [0.2, 0.25) is 0 Å². The van der Waals surface area contributed by atoms with Crippen molar-refractivity contribution in [3.63, 3.8) is 0 Å². The Morgan fingerprint density at radius 3 is 2.25 bits per heavy atom. The highest BCUT2D eigenvalue weighted by Crippen LogP contribution is 2.37. The molecular formula is C50H54F3N5O5. The molecule has 1 saturated heterocycles. The number of alkyl halides is 3. The number of halogens is 3. The van der Waals surface area contributed by atoms with Crippen LogP contribution in [-0.4, -0.2) is 95.1 Å². The Bertz CT molecular complexity index is 2450. The molecule has 0 N–H and O–H groups in total. The number of carbonyl (C=O) groups is 3. The van der Waals surface area contributed by atoms with E-state index in [0.717, 1.165) is 53.2 Å². The summed E-state index contributed by atoms with van der Waals surface area (Å²) in [5, 5.41) is 0. The van der Waals surface area contributed by atoms with E-state index in [-0.39, 0.29) is 37.4 Å². The van der Waals surface area contributed by atoms with E-state index in [2.05, 4.69) is 17.9 Å². The Hall–Kier alpha value is -5.92. The molecule has 1 fully saturated rings. The average molecular weight is 862 g/mol. The molecule has 3 aliphatic rings. The van der Waals surface area contributed by atoms with Crippen molar-refractivity contribution in [2.24, 2.45) is 7.05 Å². The maximum absolute atomic E-state index is 15.3. The zero-order valence-electron chi connectivity index (χ0n) is 36.1. The van der Waals surface area contributed by atoms with Crippen LogP contribution in [0.4, 0.5) is 18.9 Å². The molecule has 3 aliphatic heterocycles. The fraction of sp³-hybridized carbons (Fsp3) is 0.380. The van der Waals surface area contributed by atoms with Crippen molar-refractivity contribution in [1.29, 1.82) is 0 Å². The number of aromatic nitrogens is 1. The van der Waals surface area contributed by atoms with Crippen LogP contribution >= 0.6 is 0 Å². The zero-order chi connectivity index (χ0) is 44.3. The molecule has 10 nitrogen and oxygen atoms in total. The highest BCUT2D eigenvalue weighted by atomic mass is 19.4. The third kappa shape index (κ3) is 9.55. The zero-order valence-corrected chi connectivity index (χ0v) is 36.1. The Morgan fingerprint density at radius 1 is 0.825 bits per heavy atom. The lowest BCUT2D eigenvalue weighted by Crippen LogP contribution is -2.52. The minimum Gasteiger partial charge on any atom is -0.489 e. The number of unbranched alkanes of at least 4 members (excludes halogenated alkanes) is 1. The normalized spacial score (nSPS) is 16.6. The van der Waals surface area contributed by atoms with Crippen LogP contribution in [0.5, 0.6) is 5.75 Å². The number of morpholine rings is 1. The first kappa shape index (κ1) is 43.7. The number of benzene rings is 4. The van der Waals surface area contributed by atoms with Crippen LogP contribution in [0.15, 0.2) is 97.1 Å². The van der Waals surface area contributed by atoms with Crippen LogP contribution in [0.25, 0.3) is 11.3 Å². The third-order valence-corrected chi connectivity index (χ3v) is 12.7. The number of hydrogen-bond donors (Lipinski definition) is 0. The van der Waals surface area contributed by atoms with Gasteiger partial charge < -0.3 is 28.7 Å². The molecule has 13 heteroatoms. The number of amides is 3. The minimum absolute atomic E-state index is 0.110. The number of ether oxygens (including phenoxy) is 2. The Morgan fingerprint density at radius 2 is 1.54 bits per heavy atom. The number of carbonyl (C=O) groups excluding carboxylic acids is 3. The van der Waals surface area contributed by atoms with Gasteiger partial charge in [-0.1, -0.05) is 67.9 Å². The first-order chi connectivity index (χ1) is 30.4. The molecule has 3 amide bonds. The van der Waals surface area contributed by atoms with Gasteiger partial charge in [0, 0.05) is 87.1 Å². The number of rotatable bonds is 12. The number of fused-ring (bicyclic) bond motifs is 2. The summed E-state index contributed by atoms with van der Waals surface area (Å²) in [6.45, 7) is 8.18. The van der Waals surface area contributed by atoms with Crippen molar-refractivity contribution < 1.29 is 37.0 Å². The molecule has 0 bridgehead atoms. The molecule has 330 valence electrons. The number of anilines is 1. The maximum atomic E-state index is 15.3. The third-order valence-electron chi connectivity index (χ3n) is 12.7. The van der Waals surface area contributed by atoms with Gasteiger partial charge in [0.25, 0.3) is 11.8 Å². The van der Waals surface area contributed by atoms with E-state index >= 15 is 4.79 Å². The van der Waals surface area contributed by atoms with Gasteiger partial charge in [-0.2, -0.15) is 13.2 Å². The Labute approximate surface area is 366 Å². The van der Waals surface area contributed by atoms with Gasteiger partial charge in [0.05, 0.1) is 18.8 Å². The smallest absolute Gasteiger partial charge is 0.471 e. The lowest BCUT2D eigenvalue weighted by atomic mass is 9.89. The summed E-state index contributed by atoms with van der Waals surface area (Å²) in [5.74, 6) is -1.66. The molecule has 5 aromatic rings. The number of nitrogens with zero attached hydrogens (tertiary/aromatic N) is 5. The molecule has 8 rings (SSSR count). The van der Waals surface area contributed by atoms with E-state index in [4.69, 9.17) is 9.47 Å². The fourth-order valence-electron chi connectivity index (χ4n) is 9.02. The Balaban J connectivity index is 1.16. The van der Waals surface area contributed by atoms with Gasteiger partial charge in [-0.05, 0) is 96.5 Å². The predicted molar refractivity (Wildman–Crippen MR) is 236 cm³/mol. The highest BCUT2D eigenvalue weighted by molar-refractivity contribution is 6.08. The molecule has 1 aromatic heterocycles. The molecule has 0 saturated carbocycles. The molecule has 1 atom stereocenters. The van der Waals surface area contributed by atoms with Gasteiger partial charge >= 0.3 is 12.1 Å². The molecule has 4 heterocycles. The number of hydrogen-bond acceptors (Lipinski definition) is 6. The van der Waals surface area contributed by atoms with E-state index in [1.54, 1.807) is 11.0 Å². The van der Waals surface area contributed by atoms with Gasteiger partial charge in [0.1, 0.15) is 12.4 Å². The molecule has 4 aromatic carbocycles. The summed E-state index contributed by atoms with van der Waals surface area (Å²) in [4.78, 5) is 49.4. The van der Waals surface area contributed by atoms with Gasteiger partial charge in [-0.3, -0.25) is 19.3 Å². The standard InChI is InChI=1S/C50H54F3N5O5/c1-4-5-20-57(40-15-17-42(18-16-40)63-33-35-11-7-6-8-12-35)47(59)43-29-46(54(3)34(43)2)44-27-37-19-21-56(49(61)50(51,52)53)30-39(37)28-45(44)48(60)58-31-38-14-10-9-13-36(38)26-41(58)32-55-22-24-62-25-23-55/h6-18,27-29,41H,4-5,19-26,30-33H2,1-3H3/t41-/m0/s1. The summed E-state index contributed by atoms with van der Waals surface area (Å²) in [7, 11) is 1.87. The second-order valence-corrected chi connectivity index (χ2v) is 16.8. The van der Waals surface area contributed by atoms with E-state index in [1.165, 1.54) is 5.56 Å². The van der Waals surface area contributed by atoms with Crippen molar-refractivity contribution in [3.8, 4) is 17.0 Å². The second kappa shape index (κ2) is 18.8. The van der Waals surface area contributed by atoms with Crippen LogP contribution < -0.4 is 9.64 Å².